The van der Waals surface area contributed by atoms with E-state index in [0.717, 1.165) is 25.4 Å². The van der Waals surface area contributed by atoms with E-state index in [0.29, 0.717) is 5.92 Å². The van der Waals surface area contributed by atoms with E-state index in [1.54, 1.807) is 0 Å². The van der Waals surface area contributed by atoms with Crippen molar-refractivity contribution >= 4 is 17.7 Å². The van der Waals surface area contributed by atoms with Gasteiger partial charge >= 0.3 is 0 Å². The lowest BCUT2D eigenvalue weighted by molar-refractivity contribution is -0.135. The molecule has 96 valence electrons. The second-order valence-corrected chi connectivity index (χ2v) is 6.07. The number of nitrogens with one attached hydrogen (secondary N) is 1. The van der Waals surface area contributed by atoms with Crippen molar-refractivity contribution in [2.45, 2.75) is 23.8 Å². The minimum Gasteiger partial charge on any atom is -0.339 e. The Hall–Kier alpha value is -1.00. The summed E-state index contributed by atoms with van der Waals surface area (Å²) in [5.74, 6) is 1.85. The molecular weight excluding hydrogens is 244 g/mol. The molecule has 1 aromatic carbocycles. The molecule has 2 unspecified atom stereocenters. The molecule has 0 saturated carbocycles. The molecule has 2 atom stereocenters. The summed E-state index contributed by atoms with van der Waals surface area (Å²) < 4.78 is 0. The van der Waals surface area contributed by atoms with Crippen molar-refractivity contribution in [1.82, 2.24) is 10.2 Å². The Bertz CT molecular complexity index is 463. The maximum atomic E-state index is 12.1. The van der Waals surface area contributed by atoms with Crippen LogP contribution in [0.2, 0.25) is 0 Å². The van der Waals surface area contributed by atoms with Gasteiger partial charge in [0.15, 0.2) is 0 Å². The zero-order valence-corrected chi connectivity index (χ0v) is 11.4. The summed E-state index contributed by atoms with van der Waals surface area (Å²) in [6.07, 6.45) is 0. The molecule has 1 fully saturated rings. The lowest BCUT2D eigenvalue weighted by Crippen LogP contribution is -2.54. The summed E-state index contributed by atoms with van der Waals surface area (Å²) >= 11 is 1.91. The molecule has 0 aliphatic carbocycles. The average molecular weight is 262 g/mol. The van der Waals surface area contributed by atoms with E-state index in [1.165, 1.54) is 10.5 Å². The smallest absolute Gasteiger partial charge is 0.239 e. The highest BCUT2D eigenvalue weighted by atomic mass is 32.2. The Balaban J connectivity index is 1.73. The highest BCUT2D eigenvalue weighted by Crippen LogP contribution is 2.39. The van der Waals surface area contributed by atoms with Gasteiger partial charge in [0.2, 0.25) is 5.91 Å². The summed E-state index contributed by atoms with van der Waals surface area (Å²) in [4.78, 5) is 15.5. The summed E-state index contributed by atoms with van der Waals surface area (Å²) in [7, 11) is 0. The van der Waals surface area contributed by atoms with Crippen molar-refractivity contribution < 1.29 is 4.79 Å². The molecule has 3 rings (SSSR count). The maximum absolute atomic E-state index is 12.1. The number of amides is 1. The Morgan fingerprint density at radius 3 is 3.17 bits per heavy atom. The number of benzene rings is 1. The zero-order valence-electron chi connectivity index (χ0n) is 10.6. The third-order valence-electron chi connectivity index (χ3n) is 3.75. The average Bonchev–Trinajstić information content (AvgIpc) is 2.79. The fourth-order valence-corrected chi connectivity index (χ4v) is 3.96. The summed E-state index contributed by atoms with van der Waals surface area (Å²) in [6.45, 7) is 4.57. The molecular formula is C14H18N2OS. The zero-order chi connectivity index (χ0) is 12.5. The van der Waals surface area contributed by atoms with Crippen LogP contribution in [0.5, 0.6) is 0 Å². The van der Waals surface area contributed by atoms with Crippen molar-refractivity contribution in [2.75, 3.05) is 25.4 Å². The molecule has 18 heavy (non-hydrogen) atoms. The van der Waals surface area contributed by atoms with Gasteiger partial charge in [0, 0.05) is 36.2 Å². The van der Waals surface area contributed by atoms with Crippen LogP contribution in [0.3, 0.4) is 0 Å². The van der Waals surface area contributed by atoms with Crippen LogP contribution < -0.4 is 5.32 Å². The Labute approximate surface area is 112 Å². The monoisotopic (exact) mass is 262 g/mol. The van der Waals surface area contributed by atoms with Crippen LogP contribution in [0.15, 0.2) is 29.2 Å². The van der Waals surface area contributed by atoms with E-state index in [2.05, 4.69) is 29.6 Å². The minimum absolute atomic E-state index is 0.0250. The van der Waals surface area contributed by atoms with E-state index >= 15 is 0 Å². The van der Waals surface area contributed by atoms with Crippen LogP contribution in [-0.2, 0) is 4.79 Å². The van der Waals surface area contributed by atoms with Gasteiger partial charge in [-0.2, -0.15) is 0 Å². The first-order valence-corrected chi connectivity index (χ1v) is 7.48. The largest absolute Gasteiger partial charge is 0.339 e. The van der Waals surface area contributed by atoms with Gasteiger partial charge in [-0.3, -0.25) is 4.79 Å². The molecule has 1 N–H and O–H groups in total. The number of thioether (sulfide) groups is 1. The van der Waals surface area contributed by atoms with Crippen molar-refractivity contribution in [2.24, 2.45) is 0 Å². The molecule has 1 amide bonds. The van der Waals surface area contributed by atoms with Gasteiger partial charge < -0.3 is 10.2 Å². The number of nitrogens with zero attached hydrogens (tertiary/aromatic N) is 1. The number of carbonyl (C=O) groups excluding carboxylic acids is 1. The highest BCUT2D eigenvalue weighted by molar-refractivity contribution is 7.99. The molecule has 0 bridgehead atoms. The molecule has 0 spiro atoms. The van der Waals surface area contributed by atoms with Crippen LogP contribution in [-0.4, -0.2) is 42.2 Å². The minimum atomic E-state index is -0.0250. The molecule has 4 heteroatoms. The first-order valence-electron chi connectivity index (χ1n) is 6.49. The number of carbonyl (C=O) groups is 1. The Kier molecular flexibility index (Phi) is 3.31. The van der Waals surface area contributed by atoms with Crippen LogP contribution in [0.1, 0.15) is 18.4 Å². The van der Waals surface area contributed by atoms with Crippen LogP contribution in [0.25, 0.3) is 0 Å². The van der Waals surface area contributed by atoms with Gasteiger partial charge in [0.25, 0.3) is 0 Å². The predicted molar refractivity (Wildman–Crippen MR) is 74.0 cm³/mol. The quantitative estimate of drug-likeness (QED) is 0.880. The van der Waals surface area contributed by atoms with Gasteiger partial charge in [-0.05, 0) is 18.6 Å². The first-order chi connectivity index (χ1) is 8.75. The standard InChI is InChI=1S/C14H18N2OS/c1-10-14(17)16(7-6-15-10)8-11-9-18-13-5-3-2-4-12(11)13/h2-5,10-11,15H,6-9H2,1H3. The lowest BCUT2D eigenvalue weighted by Gasteiger charge is -2.33. The summed E-state index contributed by atoms with van der Waals surface area (Å²) in [5, 5.41) is 3.21. The van der Waals surface area contributed by atoms with Crippen molar-refractivity contribution in [3.63, 3.8) is 0 Å². The topological polar surface area (TPSA) is 32.3 Å². The van der Waals surface area contributed by atoms with Gasteiger partial charge in [-0.15, -0.1) is 11.8 Å². The Morgan fingerprint density at radius 2 is 2.28 bits per heavy atom. The molecule has 2 aliphatic heterocycles. The number of fused-ring (bicyclic) bond motifs is 1. The van der Waals surface area contributed by atoms with Crippen molar-refractivity contribution in [3.8, 4) is 0 Å². The fraction of sp³-hybridized carbons (Fsp3) is 0.500. The predicted octanol–water partition coefficient (Wildman–Crippen LogP) is 1.70. The van der Waals surface area contributed by atoms with Gasteiger partial charge in [0.05, 0.1) is 6.04 Å². The molecule has 0 radical (unpaired) electrons. The molecule has 3 nitrogen and oxygen atoms in total. The molecule has 1 aromatic rings. The Morgan fingerprint density at radius 1 is 1.44 bits per heavy atom. The van der Waals surface area contributed by atoms with Crippen LogP contribution in [0, 0.1) is 0 Å². The number of piperazine rings is 1. The van der Waals surface area contributed by atoms with Crippen molar-refractivity contribution in [3.05, 3.63) is 29.8 Å². The molecule has 1 saturated heterocycles. The fourth-order valence-electron chi connectivity index (χ4n) is 2.72. The number of hydrogen-bond acceptors (Lipinski definition) is 3. The normalized spacial score (nSPS) is 27.4. The third-order valence-corrected chi connectivity index (χ3v) is 5.01. The van der Waals surface area contributed by atoms with Gasteiger partial charge in [-0.1, -0.05) is 18.2 Å². The van der Waals surface area contributed by atoms with E-state index in [4.69, 9.17) is 0 Å². The van der Waals surface area contributed by atoms with Gasteiger partial charge in [0.1, 0.15) is 0 Å². The molecule has 2 aliphatic rings. The first kappa shape index (κ1) is 12.1. The van der Waals surface area contributed by atoms with Gasteiger partial charge in [-0.25, -0.2) is 0 Å². The second-order valence-electron chi connectivity index (χ2n) is 5.01. The van der Waals surface area contributed by atoms with E-state index in [9.17, 15) is 4.79 Å². The maximum Gasteiger partial charge on any atom is 0.239 e. The lowest BCUT2D eigenvalue weighted by atomic mass is 10.00. The van der Waals surface area contributed by atoms with E-state index < -0.39 is 0 Å². The van der Waals surface area contributed by atoms with Crippen LogP contribution in [0.4, 0.5) is 0 Å². The third kappa shape index (κ3) is 2.15. The van der Waals surface area contributed by atoms with Crippen LogP contribution >= 0.6 is 11.8 Å². The SMILES string of the molecule is CC1NCCN(CC2CSc3ccccc32)C1=O. The summed E-state index contributed by atoms with van der Waals surface area (Å²) in [5.41, 5.74) is 1.42. The van der Waals surface area contributed by atoms with E-state index in [1.807, 2.05) is 23.6 Å². The number of rotatable bonds is 2. The number of hydrogen-bond donors (Lipinski definition) is 1. The molecule has 0 aromatic heterocycles. The summed E-state index contributed by atoms with van der Waals surface area (Å²) in [6, 6.07) is 8.55. The second kappa shape index (κ2) is 4.94. The van der Waals surface area contributed by atoms with Crippen molar-refractivity contribution in [1.29, 1.82) is 0 Å². The highest BCUT2D eigenvalue weighted by Gasteiger charge is 2.30. The molecule has 2 heterocycles. The van der Waals surface area contributed by atoms with E-state index in [-0.39, 0.29) is 11.9 Å².